The molecular formula is C26H22N2O2. The van der Waals surface area contributed by atoms with E-state index in [-0.39, 0.29) is 11.5 Å². The van der Waals surface area contributed by atoms with Gasteiger partial charge in [0.05, 0.1) is 0 Å². The van der Waals surface area contributed by atoms with Crippen molar-refractivity contribution in [1.29, 1.82) is 0 Å². The maximum Gasteiger partial charge on any atom is 0.115 e. The van der Waals surface area contributed by atoms with Gasteiger partial charge in [-0.2, -0.15) is 0 Å². The summed E-state index contributed by atoms with van der Waals surface area (Å²) in [6.07, 6.45) is 0. The number of hydrogen-bond acceptors (Lipinski definition) is 4. The minimum absolute atomic E-state index is 0.199. The lowest BCUT2D eigenvalue weighted by Crippen LogP contribution is -1.98. The van der Waals surface area contributed by atoms with Crippen LogP contribution in [0.15, 0.2) is 97.1 Å². The third-order valence-electron chi connectivity index (χ3n) is 4.96. The fraction of sp³-hybridized carbons (Fsp3) is 0. The third kappa shape index (κ3) is 3.98. The van der Waals surface area contributed by atoms with Crippen molar-refractivity contribution < 1.29 is 10.2 Å². The first-order valence-corrected chi connectivity index (χ1v) is 9.56. The molecule has 0 aliphatic rings. The van der Waals surface area contributed by atoms with Crippen molar-refractivity contribution >= 4 is 22.5 Å². The zero-order valence-electron chi connectivity index (χ0n) is 16.3. The maximum atomic E-state index is 9.80. The highest BCUT2D eigenvalue weighted by Gasteiger charge is 2.16. The third-order valence-corrected chi connectivity index (χ3v) is 4.96. The van der Waals surface area contributed by atoms with Crippen molar-refractivity contribution in [1.82, 2.24) is 0 Å². The summed E-state index contributed by atoms with van der Waals surface area (Å²) >= 11 is 0. The minimum Gasteiger partial charge on any atom is -0.508 e. The molecule has 0 fully saturated rings. The Morgan fingerprint density at radius 1 is 0.400 bits per heavy atom. The van der Waals surface area contributed by atoms with Crippen LogP contribution in [0, 0.1) is 0 Å². The summed E-state index contributed by atoms with van der Waals surface area (Å²) in [7, 11) is 0. The van der Waals surface area contributed by atoms with E-state index in [9.17, 15) is 10.2 Å². The Hall–Kier alpha value is -4.18. The van der Waals surface area contributed by atoms with Gasteiger partial charge in [0.15, 0.2) is 0 Å². The van der Waals surface area contributed by atoms with Crippen LogP contribution in [0.2, 0.25) is 0 Å². The molecule has 4 rings (SSSR count). The van der Waals surface area contributed by atoms with E-state index in [0.29, 0.717) is 11.4 Å². The van der Waals surface area contributed by atoms with Crippen LogP contribution >= 0.6 is 0 Å². The van der Waals surface area contributed by atoms with Crippen LogP contribution in [-0.2, 0) is 0 Å². The molecule has 0 saturated heterocycles. The van der Waals surface area contributed by atoms with Gasteiger partial charge in [0, 0.05) is 11.4 Å². The average molecular weight is 394 g/mol. The molecular weight excluding hydrogens is 372 g/mol. The molecule has 0 bridgehead atoms. The van der Waals surface area contributed by atoms with E-state index in [1.54, 1.807) is 24.3 Å². The second kappa shape index (κ2) is 8.05. The van der Waals surface area contributed by atoms with Crippen molar-refractivity contribution in [2.24, 2.45) is 0 Å². The number of anilines is 2. The van der Waals surface area contributed by atoms with E-state index < -0.39 is 0 Å². The lowest BCUT2D eigenvalue weighted by Gasteiger charge is -2.18. The first-order chi connectivity index (χ1) is 14.5. The second-order valence-electron chi connectivity index (χ2n) is 7.09. The highest BCUT2D eigenvalue weighted by Crippen LogP contribution is 2.38. The smallest absolute Gasteiger partial charge is 0.115 e. The Morgan fingerprint density at radius 2 is 0.633 bits per heavy atom. The monoisotopic (exact) mass is 394 g/mol. The van der Waals surface area contributed by atoms with Gasteiger partial charge >= 0.3 is 0 Å². The molecule has 4 aromatic carbocycles. The Bertz CT molecular complexity index is 984. The Balaban J connectivity index is 2.08. The molecule has 4 nitrogen and oxygen atoms in total. The number of phenolic OH excluding ortho intramolecular Hbond substituents is 2. The van der Waals surface area contributed by atoms with E-state index in [0.717, 1.165) is 33.4 Å². The second-order valence-corrected chi connectivity index (χ2v) is 7.09. The SMILES string of the molecule is Nc1ccc(C(=C(c2ccc(O)cc2)c2ccc(O)cc2)c2ccc(N)cc2)cc1. The zero-order chi connectivity index (χ0) is 21.1. The van der Waals surface area contributed by atoms with Crippen LogP contribution in [0.5, 0.6) is 11.5 Å². The van der Waals surface area contributed by atoms with E-state index in [1.165, 1.54) is 0 Å². The molecule has 6 N–H and O–H groups in total. The van der Waals surface area contributed by atoms with Crippen molar-refractivity contribution in [2.45, 2.75) is 0 Å². The number of hydrogen-bond donors (Lipinski definition) is 4. The molecule has 148 valence electrons. The fourth-order valence-corrected chi connectivity index (χ4v) is 3.47. The number of nitrogens with two attached hydrogens (primary N) is 2. The van der Waals surface area contributed by atoms with Crippen molar-refractivity contribution in [3.05, 3.63) is 119 Å². The van der Waals surface area contributed by atoms with Gasteiger partial charge in [0.25, 0.3) is 0 Å². The number of aromatic hydroxyl groups is 2. The van der Waals surface area contributed by atoms with Crippen molar-refractivity contribution in [3.8, 4) is 11.5 Å². The average Bonchev–Trinajstić information content (AvgIpc) is 2.75. The van der Waals surface area contributed by atoms with Crippen LogP contribution in [0.25, 0.3) is 11.1 Å². The van der Waals surface area contributed by atoms with Gasteiger partial charge in [-0.25, -0.2) is 0 Å². The van der Waals surface area contributed by atoms with Crippen LogP contribution in [0.1, 0.15) is 22.3 Å². The molecule has 0 aliphatic carbocycles. The van der Waals surface area contributed by atoms with Crippen molar-refractivity contribution in [3.63, 3.8) is 0 Å². The largest absolute Gasteiger partial charge is 0.508 e. The Labute approximate surface area is 175 Å². The van der Waals surface area contributed by atoms with Crippen LogP contribution in [-0.4, -0.2) is 10.2 Å². The quantitative estimate of drug-likeness (QED) is 0.280. The predicted molar refractivity (Wildman–Crippen MR) is 123 cm³/mol. The first kappa shape index (κ1) is 19.2. The van der Waals surface area contributed by atoms with Crippen LogP contribution in [0.3, 0.4) is 0 Å². The topological polar surface area (TPSA) is 92.5 Å². The zero-order valence-corrected chi connectivity index (χ0v) is 16.3. The van der Waals surface area contributed by atoms with E-state index in [1.807, 2.05) is 72.8 Å². The highest BCUT2D eigenvalue weighted by molar-refractivity contribution is 6.04. The van der Waals surface area contributed by atoms with Gasteiger partial charge < -0.3 is 21.7 Å². The number of phenols is 2. The summed E-state index contributed by atoms with van der Waals surface area (Å²) in [5, 5.41) is 19.6. The molecule has 0 unspecified atom stereocenters. The van der Waals surface area contributed by atoms with Gasteiger partial charge in [-0.15, -0.1) is 0 Å². The van der Waals surface area contributed by atoms with Crippen molar-refractivity contribution in [2.75, 3.05) is 11.5 Å². The molecule has 0 amide bonds. The van der Waals surface area contributed by atoms with Crippen LogP contribution in [0.4, 0.5) is 11.4 Å². The molecule has 0 aliphatic heterocycles. The summed E-state index contributed by atoms with van der Waals surface area (Å²) in [5.74, 6) is 0.399. The van der Waals surface area contributed by atoms with Gasteiger partial charge in [0.1, 0.15) is 11.5 Å². The number of rotatable bonds is 4. The van der Waals surface area contributed by atoms with E-state index >= 15 is 0 Å². The lowest BCUT2D eigenvalue weighted by molar-refractivity contribution is 0.475. The van der Waals surface area contributed by atoms with Crippen LogP contribution < -0.4 is 11.5 Å². The predicted octanol–water partition coefficient (Wildman–Crippen LogP) is 5.27. The summed E-state index contributed by atoms with van der Waals surface area (Å²) in [6.45, 7) is 0. The molecule has 4 aromatic rings. The van der Waals surface area contributed by atoms with Gasteiger partial charge in [-0.1, -0.05) is 48.5 Å². The normalized spacial score (nSPS) is 10.5. The molecule has 0 atom stereocenters. The maximum absolute atomic E-state index is 9.80. The molecule has 0 spiro atoms. The molecule has 4 heteroatoms. The molecule has 0 saturated carbocycles. The summed E-state index contributed by atoms with van der Waals surface area (Å²) in [5.41, 5.74) is 19.0. The van der Waals surface area contributed by atoms with E-state index in [4.69, 9.17) is 11.5 Å². The summed E-state index contributed by atoms with van der Waals surface area (Å²) in [4.78, 5) is 0. The minimum atomic E-state index is 0.199. The molecule has 0 heterocycles. The first-order valence-electron chi connectivity index (χ1n) is 9.56. The molecule has 0 radical (unpaired) electrons. The Morgan fingerprint density at radius 3 is 0.900 bits per heavy atom. The summed E-state index contributed by atoms with van der Waals surface area (Å²) < 4.78 is 0. The standard InChI is InChI=1S/C26H22N2O2/c27-21-9-1-17(2-10-21)25(18-3-11-22(28)12-4-18)26(19-5-13-23(29)14-6-19)20-7-15-24(30)16-8-20/h1-16,29-30H,27-28H2. The number of nitrogen functional groups attached to an aromatic ring is 2. The Kier molecular flexibility index (Phi) is 5.14. The molecule has 30 heavy (non-hydrogen) atoms. The van der Waals surface area contributed by atoms with E-state index in [2.05, 4.69) is 0 Å². The van der Waals surface area contributed by atoms with Gasteiger partial charge in [-0.05, 0) is 81.9 Å². The van der Waals surface area contributed by atoms with Gasteiger partial charge in [0.2, 0.25) is 0 Å². The lowest BCUT2D eigenvalue weighted by atomic mass is 9.85. The number of benzene rings is 4. The highest BCUT2D eigenvalue weighted by atomic mass is 16.3. The fourth-order valence-electron chi connectivity index (χ4n) is 3.47. The summed E-state index contributed by atoms with van der Waals surface area (Å²) in [6, 6.07) is 29.6. The molecule has 0 aromatic heterocycles. The van der Waals surface area contributed by atoms with Gasteiger partial charge in [-0.3, -0.25) is 0 Å².